The van der Waals surface area contributed by atoms with Crippen molar-refractivity contribution >= 4 is 29.1 Å². The summed E-state index contributed by atoms with van der Waals surface area (Å²) in [5, 5.41) is 10.5. The third-order valence-electron chi connectivity index (χ3n) is 5.59. The van der Waals surface area contributed by atoms with Crippen LogP contribution in [0.2, 0.25) is 0 Å². The van der Waals surface area contributed by atoms with Gasteiger partial charge in [-0.15, -0.1) is 0 Å². The summed E-state index contributed by atoms with van der Waals surface area (Å²) in [6.45, 7) is 0.643. The summed E-state index contributed by atoms with van der Waals surface area (Å²) in [6, 6.07) is 24.3. The van der Waals surface area contributed by atoms with Gasteiger partial charge in [-0.1, -0.05) is 72.8 Å². The zero-order valence-electron chi connectivity index (χ0n) is 17.2. The average molecular weight is 427 g/mol. The predicted octanol–water partition coefficient (Wildman–Crippen LogP) is 3.35. The third kappa shape index (κ3) is 3.52. The smallest absolute Gasteiger partial charge is 0.414 e. The fourth-order valence-electron chi connectivity index (χ4n) is 4.08. The number of para-hydroxylation sites is 1. The van der Waals surface area contributed by atoms with Crippen LogP contribution < -0.4 is 9.80 Å². The molecule has 160 valence electrons. The zero-order chi connectivity index (χ0) is 22.1. The van der Waals surface area contributed by atoms with Gasteiger partial charge in [-0.05, 0) is 11.6 Å². The summed E-state index contributed by atoms with van der Waals surface area (Å²) < 4.78 is 5.55. The Hall–Kier alpha value is -3.97. The molecule has 1 atom stereocenters. The Kier molecular flexibility index (Phi) is 5.17. The quantitative estimate of drug-likeness (QED) is 0.695. The van der Waals surface area contributed by atoms with Gasteiger partial charge in [0.25, 0.3) is 5.91 Å². The molecule has 1 N–H and O–H groups in total. The molecule has 3 aromatic rings. The molecule has 7 heteroatoms. The van der Waals surface area contributed by atoms with Crippen LogP contribution in [-0.4, -0.2) is 42.1 Å². The molecule has 0 radical (unpaired) electrons. The molecule has 0 spiro atoms. The van der Waals surface area contributed by atoms with Crippen LogP contribution in [0.15, 0.2) is 83.9 Å². The minimum Gasteiger partial charge on any atom is -0.444 e. The maximum atomic E-state index is 13.0. The molecule has 0 fully saturated rings. The number of benzene rings is 3. The molecule has 3 aromatic carbocycles. The van der Waals surface area contributed by atoms with Crippen molar-refractivity contribution in [3.8, 4) is 0 Å². The van der Waals surface area contributed by atoms with E-state index in [0.29, 0.717) is 22.6 Å². The number of ether oxygens (including phenoxy) is 1. The van der Waals surface area contributed by atoms with Crippen LogP contribution >= 0.6 is 0 Å². The van der Waals surface area contributed by atoms with Crippen LogP contribution in [0.5, 0.6) is 0 Å². The molecule has 2 heterocycles. The van der Waals surface area contributed by atoms with Gasteiger partial charge in [-0.3, -0.25) is 9.69 Å². The van der Waals surface area contributed by atoms with E-state index in [0.717, 1.165) is 11.1 Å². The Balaban J connectivity index is 1.53. The number of aliphatic hydroxyl groups excluding tert-OH is 1. The molecule has 0 saturated carbocycles. The second-order valence-electron chi connectivity index (χ2n) is 7.57. The first-order valence-electron chi connectivity index (χ1n) is 10.4. The van der Waals surface area contributed by atoms with Crippen LogP contribution in [0.1, 0.15) is 16.7 Å². The maximum absolute atomic E-state index is 13.0. The normalized spacial score (nSPS) is 17.3. The van der Waals surface area contributed by atoms with E-state index in [-0.39, 0.29) is 19.7 Å². The molecule has 0 aliphatic carbocycles. The van der Waals surface area contributed by atoms with Crippen molar-refractivity contribution in [3.63, 3.8) is 0 Å². The first-order valence-corrected chi connectivity index (χ1v) is 10.4. The van der Waals surface area contributed by atoms with Crippen LogP contribution in [0.25, 0.3) is 0 Å². The molecule has 2 amide bonds. The Morgan fingerprint density at radius 3 is 2.44 bits per heavy atom. The summed E-state index contributed by atoms with van der Waals surface area (Å²) in [5.74, 6) is -0.512. The number of aliphatic hydroxyl groups is 1. The van der Waals surface area contributed by atoms with Crippen molar-refractivity contribution in [2.75, 3.05) is 22.9 Å². The summed E-state index contributed by atoms with van der Waals surface area (Å²) in [4.78, 5) is 33.3. The average Bonchev–Trinajstić information content (AvgIpc) is 2.95. The first kappa shape index (κ1) is 20.0. The fraction of sp³-hybridized carbons (Fsp3) is 0.160. The molecular weight excluding hydrogens is 406 g/mol. The van der Waals surface area contributed by atoms with Crippen LogP contribution in [0, 0.1) is 0 Å². The van der Waals surface area contributed by atoms with E-state index < -0.39 is 18.2 Å². The zero-order valence-corrected chi connectivity index (χ0v) is 17.2. The molecule has 32 heavy (non-hydrogen) atoms. The highest BCUT2D eigenvalue weighted by Gasteiger charge is 2.38. The Bertz CT molecular complexity index is 1190. The summed E-state index contributed by atoms with van der Waals surface area (Å²) in [5.41, 5.74) is 3.96. The molecule has 0 bridgehead atoms. The number of amides is 2. The van der Waals surface area contributed by atoms with E-state index >= 15 is 0 Å². The number of hydrogen-bond acceptors (Lipinski definition) is 5. The van der Waals surface area contributed by atoms with Gasteiger partial charge in [0.1, 0.15) is 6.61 Å². The minimum absolute atomic E-state index is 0.156. The van der Waals surface area contributed by atoms with Gasteiger partial charge < -0.3 is 14.7 Å². The Labute approximate surface area is 185 Å². The van der Waals surface area contributed by atoms with Crippen LogP contribution in [0.4, 0.5) is 16.2 Å². The molecule has 1 unspecified atom stereocenters. The summed E-state index contributed by atoms with van der Waals surface area (Å²) in [6.07, 6.45) is -2.00. The largest absolute Gasteiger partial charge is 0.444 e. The van der Waals surface area contributed by atoms with Crippen molar-refractivity contribution < 1.29 is 19.4 Å². The van der Waals surface area contributed by atoms with E-state index in [4.69, 9.17) is 4.74 Å². The first-order chi connectivity index (χ1) is 15.6. The molecule has 0 saturated heterocycles. The number of anilines is 2. The second kappa shape index (κ2) is 8.28. The topological polar surface area (TPSA) is 82.4 Å². The molecule has 5 rings (SSSR count). The Morgan fingerprint density at radius 2 is 1.69 bits per heavy atom. The standard InChI is InChI=1S/C25H21N3O4/c29-23-24(30)28-15-14-27(25(31)32-16-17-8-3-1-4-9-17)20-13-7-12-19(22(20)28)21(26-23)18-10-5-2-6-11-18/h1-13,23,29H,14-16H2. The SMILES string of the molecule is O=C(OCc1ccccc1)N1CCN2C(=O)C(O)N=C(c3ccccc3)c3cccc1c32. The lowest BCUT2D eigenvalue weighted by atomic mass is 9.98. The fourth-order valence-corrected chi connectivity index (χ4v) is 4.08. The van der Waals surface area contributed by atoms with E-state index in [9.17, 15) is 14.7 Å². The summed E-state index contributed by atoms with van der Waals surface area (Å²) >= 11 is 0. The minimum atomic E-state index is -1.51. The van der Waals surface area contributed by atoms with E-state index in [1.54, 1.807) is 6.07 Å². The van der Waals surface area contributed by atoms with Gasteiger partial charge in [0.05, 0.1) is 17.1 Å². The van der Waals surface area contributed by atoms with Crippen LogP contribution in [-0.2, 0) is 16.1 Å². The van der Waals surface area contributed by atoms with Gasteiger partial charge in [0.2, 0.25) is 6.23 Å². The van der Waals surface area contributed by atoms with Gasteiger partial charge in [-0.2, -0.15) is 0 Å². The highest BCUT2D eigenvalue weighted by atomic mass is 16.6. The number of carbonyl (C=O) groups excluding carboxylic acids is 2. The number of hydrogen-bond donors (Lipinski definition) is 1. The second-order valence-corrected chi connectivity index (χ2v) is 7.57. The molecule has 2 aliphatic rings. The van der Waals surface area contributed by atoms with Crippen molar-refractivity contribution in [1.29, 1.82) is 0 Å². The number of aliphatic imine (C=N–C) groups is 1. The molecule has 2 aliphatic heterocycles. The van der Waals surface area contributed by atoms with Crippen molar-refractivity contribution in [2.45, 2.75) is 12.8 Å². The van der Waals surface area contributed by atoms with Crippen molar-refractivity contribution in [1.82, 2.24) is 0 Å². The predicted molar refractivity (Wildman–Crippen MR) is 121 cm³/mol. The molecule has 7 nitrogen and oxygen atoms in total. The molecule has 0 aromatic heterocycles. The lowest BCUT2D eigenvalue weighted by molar-refractivity contribution is -0.126. The lowest BCUT2D eigenvalue weighted by Gasteiger charge is -2.36. The highest BCUT2D eigenvalue weighted by molar-refractivity contribution is 6.22. The van der Waals surface area contributed by atoms with Crippen molar-refractivity contribution in [2.24, 2.45) is 4.99 Å². The van der Waals surface area contributed by atoms with Crippen LogP contribution in [0.3, 0.4) is 0 Å². The maximum Gasteiger partial charge on any atom is 0.414 e. The van der Waals surface area contributed by atoms with E-state index in [2.05, 4.69) is 4.99 Å². The number of carbonyl (C=O) groups is 2. The number of nitrogens with zero attached hydrogens (tertiary/aromatic N) is 3. The van der Waals surface area contributed by atoms with Gasteiger partial charge in [0.15, 0.2) is 0 Å². The van der Waals surface area contributed by atoms with Gasteiger partial charge >= 0.3 is 6.09 Å². The number of rotatable bonds is 3. The van der Waals surface area contributed by atoms with Crippen molar-refractivity contribution in [3.05, 3.63) is 95.6 Å². The lowest BCUT2D eigenvalue weighted by Crippen LogP contribution is -2.49. The highest BCUT2D eigenvalue weighted by Crippen LogP contribution is 2.39. The Morgan fingerprint density at radius 1 is 0.969 bits per heavy atom. The summed E-state index contributed by atoms with van der Waals surface area (Å²) in [7, 11) is 0. The van der Waals surface area contributed by atoms with E-state index in [1.165, 1.54) is 9.80 Å². The van der Waals surface area contributed by atoms with E-state index in [1.807, 2.05) is 72.8 Å². The third-order valence-corrected chi connectivity index (χ3v) is 5.59. The molecular formula is C25H21N3O4. The van der Waals surface area contributed by atoms with Gasteiger partial charge in [0, 0.05) is 24.2 Å². The van der Waals surface area contributed by atoms with Gasteiger partial charge in [-0.25, -0.2) is 9.79 Å². The monoisotopic (exact) mass is 427 g/mol.